The number of benzene rings is 1. The van der Waals surface area contributed by atoms with Crippen molar-refractivity contribution in [3.8, 4) is 0 Å². The van der Waals surface area contributed by atoms with Gasteiger partial charge in [-0.15, -0.1) is 0 Å². The standard InChI is InChI=1S/C15H18Br2F2/c1-2-9-3-4-12(16)10(7-9)8-11-14(18)6-5-13(17)15(11)19/h5-6,9-10,12H,2-4,7-8H2,1H3. The Morgan fingerprint density at radius 3 is 2.68 bits per heavy atom. The Labute approximate surface area is 130 Å². The summed E-state index contributed by atoms with van der Waals surface area (Å²) >= 11 is 6.81. The van der Waals surface area contributed by atoms with Crippen LogP contribution in [0.2, 0.25) is 0 Å². The molecule has 0 spiro atoms. The summed E-state index contributed by atoms with van der Waals surface area (Å²) in [5, 5.41) is 0. The Hall–Kier alpha value is 0.0400. The monoisotopic (exact) mass is 394 g/mol. The third-order valence-electron chi connectivity index (χ3n) is 4.18. The molecule has 3 unspecified atom stereocenters. The lowest BCUT2D eigenvalue weighted by atomic mass is 9.77. The average molecular weight is 396 g/mol. The molecular weight excluding hydrogens is 378 g/mol. The minimum absolute atomic E-state index is 0.223. The lowest BCUT2D eigenvalue weighted by Crippen LogP contribution is -2.27. The van der Waals surface area contributed by atoms with E-state index in [0.29, 0.717) is 27.6 Å². The van der Waals surface area contributed by atoms with E-state index in [-0.39, 0.29) is 5.56 Å². The molecule has 1 aliphatic rings. The van der Waals surface area contributed by atoms with Crippen molar-refractivity contribution in [3.05, 3.63) is 33.8 Å². The number of halogens is 4. The van der Waals surface area contributed by atoms with Gasteiger partial charge in [-0.05, 0) is 65.6 Å². The molecule has 1 aromatic rings. The van der Waals surface area contributed by atoms with Crippen molar-refractivity contribution in [2.75, 3.05) is 0 Å². The van der Waals surface area contributed by atoms with Crippen LogP contribution in [0.25, 0.3) is 0 Å². The maximum Gasteiger partial charge on any atom is 0.143 e. The zero-order valence-electron chi connectivity index (χ0n) is 10.9. The summed E-state index contributed by atoms with van der Waals surface area (Å²) < 4.78 is 28.2. The molecule has 1 aliphatic carbocycles. The van der Waals surface area contributed by atoms with E-state index in [2.05, 4.69) is 38.8 Å². The van der Waals surface area contributed by atoms with Gasteiger partial charge in [0.1, 0.15) is 11.6 Å². The van der Waals surface area contributed by atoms with Gasteiger partial charge in [0.15, 0.2) is 0 Å². The molecule has 0 nitrogen and oxygen atoms in total. The quantitative estimate of drug-likeness (QED) is 0.444. The molecule has 0 aliphatic heterocycles. The fraction of sp³-hybridized carbons (Fsp3) is 0.600. The fourth-order valence-corrected chi connectivity index (χ4v) is 3.96. The van der Waals surface area contributed by atoms with Gasteiger partial charge in [-0.3, -0.25) is 0 Å². The van der Waals surface area contributed by atoms with Crippen LogP contribution in [-0.4, -0.2) is 4.83 Å². The van der Waals surface area contributed by atoms with E-state index in [9.17, 15) is 8.78 Å². The van der Waals surface area contributed by atoms with Crippen LogP contribution in [0.5, 0.6) is 0 Å². The van der Waals surface area contributed by atoms with E-state index >= 15 is 0 Å². The second-order valence-corrected chi connectivity index (χ2v) is 7.42. The largest absolute Gasteiger partial charge is 0.207 e. The van der Waals surface area contributed by atoms with Crippen molar-refractivity contribution in [1.82, 2.24) is 0 Å². The summed E-state index contributed by atoms with van der Waals surface area (Å²) in [7, 11) is 0. The molecule has 0 amide bonds. The highest BCUT2D eigenvalue weighted by Gasteiger charge is 2.29. The van der Waals surface area contributed by atoms with Gasteiger partial charge in [0.25, 0.3) is 0 Å². The second kappa shape index (κ2) is 6.66. The zero-order chi connectivity index (χ0) is 14.0. The van der Waals surface area contributed by atoms with E-state index in [1.807, 2.05) is 0 Å². The van der Waals surface area contributed by atoms with Crippen LogP contribution >= 0.6 is 31.9 Å². The Morgan fingerprint density at radius 2 is 2.00 bits per heavy atom. The van der Waals surface area contributed by atoms with Gasteiger partial charge < -0.3 is 0 Å². The van der Waals surface area contributed by atoms with Crippen molar-refractivity contribution in [3.63, 3.8) is 0 Å². The van der Waals surface area contributed by atoms with Crippen LogP contribution in [0, 0.1) is 23.5 Å². The molecular formula is C15H18Br2F2. The predicted molar refractivity (Wildman–Crippen MR) is 81.6 cm³/mol. The van der Waals surface area contributed by atoms with E-state index in [1.165, 1.54) is 18.6 Å². The van der Waals surface area contributed by atoms with Crippen LogP contribution in [-0.2, 0) is 6.42 Å². The molecule has 3 atom stereocenters. The Kier molecular flexibility index (Phi) is 5.41. The maximum atomic E-state index is 14.0. The van der Waals surface area contributed by atoms with Crippen molar-refractivity contribution in [2.45, 2.75) is 43.9 Å². The topological polar surface area (TPSA) is 0 Å². The summed E-state index contributed by atoms with van der Waals surface area (Å²) in [6, 6.07) is 2.77. The molecule has 1 fully saturated rings. The van der Waals surface area contributed by atoms with Crippen LogP contribution in [0.1, 0.15) is 38.2 Å². The first-order valence-corrected chi connectivity index (χ1v) is 8.50. The Bertz CT molecular complexity index is 448. The molecule has 0 saturated heterocycles. The Morgan fingerprint density at radius 1 is 1.26 bits per heavy atom. The van der Waals surface area contributed by atoms with Crippen molar-refractivity contribution < 1.29 is 8.78 Å². The van der Waals surface area contributed by atoms with Crippen LogP contribution in [0.3, 0.4) is 0 Å². The summed E-state index contributed by atoms with van der Waals surface area (Å²) in [6.07, 6.45) is 4.99. The lowest BCUT2D eigenvalue weighted by Gasteiger charge is -2.33. The van der Waals surface area contributed by atoms with Gasteiger partial charge in [0.2, 0.25) is 0 Å². The molecule has 1 aromatic carbocycles. The van der Waals surface area contributed by atoms with E-state index < -0.39 is 11.6 Å². The second-order valence-electron chi connectivity index (χ2n) is 5.39. The summed E-state index contributed by atoms with van der Waals surface area (Å²) in [6.45, 7) is 2.19. The molecule has 4 heteroatoms. The summed E-state index contributed by atoms with van der Waals surface area (Å²) in [4.78, 5) is 0.369. The summed E-state index contributed by atoms with van der Waals surface area (Å²) in [5.74, 6) is 0.131. The minimum Gasteiger partial charge on any atom is -0.207 e. The van der Waals surface area contributed by atoms with Crippen LogP contribution < -0.4 is 0 Å². The number of alkyl halides is 1. The van der Waals surface area contributed by atoms with Gasteiger partial charge in [-0.1, -0.05) is 29.3 Å². The van der Waals surface area contributed by atoms with Crippen molar-refractivity contribution in [2.24, 2.45) is 11.8 Å². The van der Waals surface area contributed by atoms with Gasteiger partial charge >= 0.3 is 0 Å². The molecule has 0 N–H and O–H groups in total. The zero-order valence-corrected chi connectivity index (χ0v) is 14.1. The number of hydrogen-bond donors (Lipinski definition) is 0. The molecule has 0 aromatic heterocycles. The first-order chi connectivity index (χ1) is 9.02. The molecule has 0 radical (unpaired) electrons. The van der Waals surface area contributed by atoms with Crippen molar-refractivity contribution >= 4 is 31.9 Å². The van der Waals surface area contributed by atoms with Gasteiger partial charge in [0, 0.05) is 10.4 Å². The highest BCUT2D eigenvalue weighted by Crippen LogP contribution is 2.38. The third-order valence-corrected chi connectivity index (χ3v) is 6.00. The fourth-order valence-electron chi connectivity index (χ4n) is 2.92. The first kappa shape index (κ1) is 15.4. The normalized spacial score (nSPS) is 27.5. The molecule has 0 heterocycles. The van der Waals surface area contributed by atoms with Gasteiger partial charge in [0.05, 0.1) is 4.47 Å². The Balaban J connectivity index is 2.18. The van der Waals surface area contributed by atoms with Crippen molar-refractivity contribution in [1.29, 1.82) is 0 Å². The molecule has 0 bridgehead atoms. The lowest BCUT2D eigenvalue weighted by molar-refractivity contribution is 0.267. The van der Waals surface area contributed by atoms with E-state index in [4.69, 9.17) is 0 Å². The highest BCUT2D eigenvalue weighted by atomic mass is 79.9. The van der Waals surface area contributed by atoms with Gasteiger partial charge in [-0.25, -0.2) is 8.78 Å². The van der Waals surface area contributed by atoms with E-state index in [0.717, 1.165) is 19.3 Å². The first-order valence-electron chi connectivity index (χ1n) is 6.79. The summed E-state index contributed by atoms with van der Waals surface area (Å²) in [5.41, 5.74) is 0.223. The third kappa shape index (κ3) is 3.57. The molecule has 106 valence electrons. The predicted octanol–water partition coefficient (Wildman–Crippen LogP) is 5.86. The average Bonchev–Trinajstić information content (AvgIpc) is 2.41. The minimum atomic E-state index is -0.446. The maximum absolute atomic E-state index is 14.0. The number of hydrogen-bond acceptors (Lipinski definition) is 0. The van der Waals surface area contributed by atoms with Gasteiger partial charge in [-0.2, -0.15) is 0 Å². The molecule has 1 saturated carbocycles. The molecule has 2 rings (SSSR count). The number of rotatable bonds is 3. The van der Waals surface area contributed by atoms with Crippen LogP contribution in [0.15, 0.2) is 16.6 Å². The van der Waals surface area contributed by atoms with Crippen LogP contribution in [0.4, 0.5) is 8.78 Å². The SMILES string of the molecule is CCC1CCC(Br)C(Cc2c(F)ccc(Br)c2F)C1. The smallest absolute Gasteiger partial charge is 0.143 e. The highest BCUT2D eigenvalue weighted by molar-refractivity contribution is 9.10. The van der Waals surface area contributed by atoms with E-state index in [1.54, 1.807) is 0 Å². The molecule has 19 heavy (non-hydrogen) atoms.